The van der Waals surface area contributed by atoms with Crippen LogP contribution in [-0.4, -0.2) is 5.78 Å². The summed E-state index contributed by atoms with van der Waals surface area (Å²) >= 11 is 0. The Labute approximate surface area is 127 Å². The van der Waals surface area contributed by atoms with Gasteiger partial charge in [-0.3, -0.25) is 4.79 Å². The molecule has 0 spiro atoms. The van der Waals surface area contributed by atoms with Crippen molar-refractivity contribution in [2.24, 2.45) is 23.7 Å². The molecule has 0 aromatic carbocycles. The van der Waals surface area contributed by atoms with Crippen LogP contribution >= 0.6 is 0 Å². The fourth-order valence-corrected chi connectivity index (χ4v) is 2.66. The summed E-state index contributed by atoms with van der Waals surface area (Å²) < 4.78 is 0. The van der Waals surface area contributed by atoms with Crippen LogP contribution in [0.1, 0.15) is 92.9 Å². The van der Waals surface area contributed by atoms with Crippen LogP contribution in [0.3, 0.4) is 0 Å². The zero-order valence-electron chi connectivity index (χ0n) is 14.9. The van der Waals surface area contributed by atoms with E-state index in [2.05, 4.69) is 27.7 Å². The van der Waals surface area contributed by atoms with Gasteiger partial charge in [-0.2, -0.15) is 0 Å². The molecular weight excluding hydrogens is 244 g/mol. The summed E-state index contributed by atoms with van der Waals surface area (Å²) in [5, 5.41) is 0. The second-order valence-electron chi connectivity index (χ2n) is 7.63. The van der Waals surface area contributed by atoms with Crippen molar-refractivity contribution >= 4 is 5.78 Å². The largest absolute Gasteiger partial charge is 0.299 e. The molecule has 0 aromatic heterocycles. The van der Waals surface area contributed by atoms with Crippen LogP contribution < -0.4 is 0 Å². The highest BCUT2D eigenvalue weighted by Gasteiger charge is 2.10. The quantitative estimate of drug-likeness (QED) is 0.413. The molecule has 2 unspecified atom stereocenters. The molecule has 0 aromatic rings. The lowest BCUT2D eigenvalue weighted by Crippen LogP contribution is -2.09. The molecule has 0 fully saturated rings. The molecule has 0 aliphatic carbocycles. The van der Waals surface area contributed by atoms with Crippen molar-refractivity contribution in [3.8, 4) is 0 Å². The van der Waals surface area contributed by atoms with Crippen LogP contribution in [0.2, 0.25) is 0 Å². The number of carbonyl (C=O) groups is 1. The van der Waals surface area contributed by atoms with Gasteiger partial charge in [-0.05, 0) is 24.2 Å². The molecule has 0 amide bonds. The average molecular weight is 283 g/mol. The molecule has 0 saturated heterocycles. The SMILES string of the molecule is CC(C)CCCC(C)CCCC(C)CCC(=O)C(C)C. The number of ketones is 1. The third-order valence-corrected chi connectivity index (χ3v) is 4.40. The van der Waals surface area contributed by atoms with E-state index in [1.165, 1.54) is 38.5 Å². The van der Waals surface area contributed by atoms with Crippen molar-refractivity contribution in [2.45, 2.75) is 92.9 Å². The van der Waals surface area contributed by atoms with Gasteiger partial charge in [0.2, 0.25) is 0 Å². The predicted molar refractivity (Wildman–Crippen MR) is 89.9 cm³/mol. The van der Waals surface area contributed by atoms with Crippen molar-refractivity contribution in [1.29, 1.82) is 0 Å². The molecule has 0 bridgehead atoms. The lowest BCUT2D eigenvalue weighted by molar-refractivity contribution is -0.122. The normalized spacial score (nSPS) is 14.8. The van der Waals surface area contributed by atoms with E-state index in [0.29, 0.717) is 11.7 Å². The van der Waals surface area contributed by atoms with Crippen molar-refractivity contribution in [3.63, 3.8) is 0 Å². The highest BCUT2D eigenvalue weighted by molar-refractivity contribution is 5.80. The van der Waals surface area contributed by atoms with E-state index in [-0.39, 0.29) is 5.92 Å². The van der Waals surface area contributed by atoms with E-state index in [4.69, 9.17) is 0 Å². The fourth-order valence-electron chi connectivity index (χ4n) is 2.66. The summed E-state index contributed by atoms with van der Waals surface area (Å²) in [6.45, 7) is 13.3. The minimum atomic E-state index is 0.211. The Morgan fingerprint density at radius 1 is 0.700 bits per heavy atom. The molecule has 2 atom stereocenters. The van der Waals surface area contributed by atoms with Crippen LogP contribution in [-0.2, 0) is 4.79 Å². The molecule has 0 N–H and O–H groups in total. The van der Waals surface area contributed by atoms with E-state index < -0.39 is 0 Å². The Morgan fingerprint density at radius 3 is 1.60 bits per heavy atom. The van der Waals surface area contributed by atoms with Crippen molar-refractivity contribution in [2.75, 3.05) is 0 Å². The maximum absolute atomic E-state index is 11.6. The first-order valence-corrected chi connectivity index (χ1v) is 8.85. The summed E-state index contributed by atoms with van der Waals surface area (Å²) in [5.41, 5.74) is 0. The van der Waals surface area contributed by atoms with Crippen molar-refractivity contribution in [1.82, 2.24) is 0 Å². The average Bonchev–Trinajstić information content (AvgIpc) is 2.35. The lowest BCUT2D eigenvalue weighted by atomic mass is 9.91. The van der Waals surface area contributed by atoms with Gasteiger partial charge in [0, 0.05) is 12.3 Å². The molecule has 20 heavy (non-hydrogen) atoms. The highest BCUT2D eigenvalue weighted by Crippen LogP contribution is 2.21. The van der Waals surface area contributed by atoms with Gasteiger partial charge in [0.25, 0.3) is 0 Å². The molecule has 1 heteroatoms. The minimum Gasteiger partial charge on any atom is -0.299 e. The van der Waals surface area contributed by atoms with Crippen molar-refractivity contribution < 1.29 is 4.79 Å². The number of Topliss-reactive ketones (excluding diaryl/α,β-unsaturated/α-hetero) is 1. The fraction of sp³-hybridized carbons (Fsp3) is 0.947. The lowest BCUT2D eigenvalue weighted by Gasteiger charge is -2.15. The number of hydrogen-bond donors (Lipinski definition) is 0. The number of rotatable bonds is 12. The van der Waals surface area contributed by atoms with E-state index in [1.807, 2.05) is 13.8 Å². The highest BCUT2D eigenvalue weighted by atomic mass is 16.1. The van der Waals surface area contributed by atoms with Gasteiger partial charge in [-0.25, -0.2) is 0 Å². The molecule has 1 nitrogen and oxygen atoms in total. The Hall–Kier alpha value is -0.330. The summed E-state index contributed by atoms with van der Waals surface area (Å²) in [4.78, 5) is 11.6. The first-order chi connectivity index (χ1) is 9.32. The molecule has 0 heterocycles. The Balaban J connectivity index is 3.55. The molecule has 0 aliphatic rings. The summed E-state index contributed by atoms with van der Waals surface area (Å²) in [5.74, 6) is 3.07. The Kier molecular flexibility index (Phi) is 11.2. The Bertz CT molecular complexity index is 242. The van der Waals surface area contributed by atoms with E-state index >= 15 is 0 Å². The van der Waals surface area contributed by atoms with Crippen LogP contribution in [0.15, 0.2) is 0 Å². The van der Waals surface area contributed by atoms with E-state index in [0.717, 1.165) is 24.7 Å². The number of hydrogen-bond acceptors (Lipinski definition) is 1. The van der Waals surface area contributed by atoms with E-state index in [9.17, 15) is 4.79 Å². The zero-order valence-corrected chi connectivity index (χ0v) is 14.9. The zero-order chi connectivity index (χ0) is 15.5. The van der Waals surface area contributed by atoms with Crippen LogP contribution in [0.4, 0.5) is 0 Å². The summed E-state index contributed by atoms with van der Waals surface area (Å²) in [6, 6.07) is 0. The standard InChI is InChI=1S/C19H38O/c1-15(2)9-7-10-17(5)11-8-12-18(6)13-14-19(20)16(3)4/h15-18H,7-14H2,1-6H3. The van der Waals surface area contributed by atoms with Gasteiger partial charge in [0.1, 0.15) is 5.78 Å². The van der Waals surface area contributed by atoms with Gasteiger partial charge >= 0.3 is 0 Å². The second-order valence-corrected chi connectivity index (χ2v) is 7.63. The number of carbonyl (C=O) groups excluding carboxylic acids is 1. The van der Waals surface area contributed by atoms with Gasteiger partial charge < -0.3 is 0 Å². The molecular formula is C19H38O. The third kappa shape index (κ3) is 11.5. The van der Waals surface area contributed by atoms with Gasteiger partial charge in [-0.15, -0.1) is 0 Å². The Morgan fingerprint density at radius 2 is 1.15 bits per heavy atom. The predicted octanol–water partition coefficient (Wildman–Crippen LogP) is 6.26. The first-order valence-electron chi connectivity index (χ1n) is 8.85. The van der Waals surface area contributed by atoms with Gasteiger partial charge in [0.15, 0.2) is 0 Å². The molecule has 0 saturated carbocycles. The third-order valence-electron chi connectivity index (χ3n) is 4.40. The molecule has 0 rings (SSSR count). The topological polar surface area (TPSA) is 17.1 Å². The van der Waals surface area contributed by atoms with Gasteiger partial charge in [0.05, 0.1) is 0 Å². The minimum absolute atomic E-state index is 0.211. The van der Waals surface area contributed by atoms with Crippen molar-refractivity contribution in [3.05, 3.63) is 0 Å². The smallest absolute Gasteiger partial charge is 0.135 e. The second kappa shape index (κ2) is 11.3. The molecule has 0 aliphatic heterocycles. The summed E-state index contributed by atoms with van der Waals surface area (Å²) in [7, 11) is 0. The summed E-state index contributed by atoms with van der Waals surface area (Å²) in [6.07, 6.45) is 10.00. The maximum Gasteiger partial charge on any atom is 0.135 e. The maximum atomic E-state index is 11.6. The van der Waals surface area contributed by atoms with Crippen LogP contribution in [0, 0.1) is 23.7 Å². The van der Waals surface area contributed by atoms with Gasteiger partial charge in [-0.1, -0.05) is 80.1 Å². The monoisotopic (exact) mass is 282 g/mol. The van der Waals surface area contributed by atoms with Crippen LogP contribution in [0.5, 0.6) is 0 Å². The van der Waals surface area contributed by atoms with Crippen LogP contribution in [0.25, 0.3) is 0 Å². The van der Waals surface area contributed by atoms with E-state index in [1.54, 1.807) is 0 Å². The molecule has 0 radical (unpaired) electrons. The first kappa shape index (κ1) is 19.7. The molecule has 120 valence electrons.